The maximum Gasteiger partial charge on any atom is 0.288 e. The van der Waals surface area contributed by atoms with Gasteiger partial charge in [-0.25, -0.2) is 0 Å². The fourth-order valence-corrected chi connectivity index (χ4v) is 1.53. The van der Waals surface area contributed by atoms with Gasteiger partial charge in [0.25, 0.3) is 5.69 Å². The van der Waals surface area contributed by atoms with E-state index in [9.17, 15) is 15.3 Å². The topological polar surface area (TPSA) is 70.1 Å². The first-order valence-electron chi connectivity index (χ1n) is 5.27. The molecule has 0 saturated heterocycles. The van der Waals surface area contributed by atoms with Crippen molar-refractivity contribution in [1.82, 2.24) is 0 Å². The first kappa shape index (κ1) is 11.8. The van der Waals surface area contributed by atoms with Gasteiger partial charge in [-0.05, 0) is 11.6 Å². The molecular weight excluding hydrogens is 232 g/mol. The lowest BCUT2D eigenvalue weighted by Crippen LogP contribution is -2.24. The third kappa shape index (κ3) is 2.70. The van der Waals surface area contributed by atoms with Crippen LogP contribution in [0.15, 0.2) is 48.8 Å². The lowest BCUT2D eigenvalue weighted by Gasteiger charge is -1.98. The van der Waals surface area contributed by atoms with Gasteiger partial charge >= 0.3 is 0 Å². The van der Waals surface area contributed by atoms with Crippen molar-refractivity contribution in [2.45, 2.75) is 0 Å². The summed E-state index contributed by atoms with van der Waals surface area (Å²) in [5.41, 5.74) is 1.10. The standard InChI is InChI=1S/C13H10N2O3/c16-14-9-8-13(15(17)18)12(10-14)7-6-11-4-2-1-3-5-11/h1-10H/b7-6+. The SMILES string of the molecule is O=[N+]([O-])c1cc[n+]([O-])cc1/C=C/c1ccccc1. The molecule has 0 radical (unpaired) electrons. The van der Waals surface area contributed by atoms with E-state index in [-0.39, 0.29) is 11.3 Å². The summed E-state index contributed by atoms with van der Waals surface area (Å²) in [6, 6.07) is 10.6. The average molecular weight is 242 g/mol. The van der Waals surface area contributed by atoms with Crippen LogP contribution in [0.3, 0.4) is 0 Å². The third-order valence-electron chi connectivity index (χ3n) is 2.39. The zero-order valence-corrected chi connectivity index (χ0v) is 9.39. The normalized spacial score (nSPS) is 10.7. The van der Waals surface area contributed by atoms with Gasteiger partial charge in [-0.15, -0.1) is 0 Å². The minimum Gasteiger partial charge on any atom is -0.619 e. The van der Waals surface area contributed by atoms with Crippen LogP contribution in [0.1, 0.15) is 11.1 Å². The molecule has 18 heavy (non-hydrogen) atoms. The van der Waals surface area contributed by atoms with E-state index >= 15 is 0 Å². The molecule has 0 atom stereocenters. The molecule has 5 heteroatoms. The van der Waals surface area contributed by atoms with Crippen molar-refractivity contribution in [2.24, 2.45) is 0 Å². The van der Waals surface area contributed by atoms with E-state index in [0.717, 1.165) is 11.8 Å². The Morgan fingerprint density at radius 3 is 2.50 bits per heavy atom. The van der Waals surface area contributed by atoms with Gasteiger partial charge in [-0.2, -0.15) is 4.73 Å². The Bertz CT molecular complexity index is 594. The van der Waals surface area contributed by atoms with Gasteiger partial charge < -0.3 is 5.21 Å². The Morgan fingerprint density at radius 2 is 1.83 bits per heavy atom. The second-order valence-corrected chi connectivity index (χ2v) is 3.65. The fourth-order valence-electron chi connectivity index (χ4n) is 1.53. The van der Waals surface area contributed by atoms with Crippen molar-refractivity contribution in [3.05, 3.63) is 75.2 Å². The molecule has 0 N–H and O–H groups in total. The zero-order chi connectivity index (χ0) is 13.0. The predicted molar refractivity (Wildman–Crippen MR) is 67.4 cm³/mol. The Balaban J connectivity index is 2.36. The van der Waals surface area contributed by atoms with Gasteiger partial charge in [0.2, 0.25) is 0 Å². The summed E-state index contributed by atoms with van der Waals surface area (Å²) in [7, 11) is 0. The molecule has 0 unspecified atom stereocenters. The Kier molecular flexibility index (Phi) is 3.33. The fraction of sp³-hybridized carbons (Fsp3) is 0. The molecule has 0 amide bonds. The molecule has 1 aromatic heterocycles. The monoisotopic (exact) mass is 242 g/mol. The van der Waals surface area contributed by atoms with Gasteiger partial charge in [0, 0.05) is 0 Å². The van der Waals surface area contributed by atoms with E-state index in [4.69, 9.17) is 0 Å². The number of benzene rings is 1. The van der Waals surface area contributed by atoms with Crippen molar-refractivity contribution in [1.29, 1.82) is 0 Å². The van der Waals surface area contributed by atoms with E-state index in [0.29, 0.717) is 4.73 Å². The molecular formula is C13H10N2O3. The summed E-state index contributed by atoms with van der Waals surface area (Å²) >= 11 is 0. The Hall–Kier alpha value is -2.69. The maximum absolute atomic E-state index is 11.1. The highest BCUT2D eigenvalue weighted by Gasteiger charge is 2.14. The van der Waals surface area contributed by atoms with Crippen LogP contribution in [-0.4, -0.2) is 4.92 Å². The van der Waals surface area contributed by atoms with E-state index < -0.39 is 4.92 Å². The second kappa shape index (κ2) is 5.09. The number of pyridine rings is 1. The van der Waals surface area contributed by atoms with Gasteiger partial charge in [0.05, 0.1) is 11.0 Å². The molecule has 0 saturated carbocycles. The van der Waals surface area contributed by atoms with Crippen LogP contribution in [0.25, 0.3) is 12.2 Å². The molecule has 2 aromatic rings. The Labute approximate surface area is 103 Å². The van der Waals surface area contributed by atoms with Gasteiger partial charge in [-0.1, -0.05) is 36.4 Å². The van der Waals surface area contributed by atoms with E-state index in [1.165, 1.54) is 12.3 Å². The summed E-state index contributed by atoms with van der Waals surface area (Å²) in [5, 5.41) is 21.9. The number of nitro groups is 1. The molecule has 0 aliphatic rings. The summed E-state index contributed by atoms with van der Waals surface area (Å²) in [4.78, 5) is 10.3. The Morgan fingerprint density at radius 1 is 1.11 bits per heavy atom. The molecule has 0 aliphatic carbocycles. The number of aromatic nitrogens is 1. The van der Waals surface area contributed by atoms with Crippen molar-refractivity contribution in [3.8, 4) is 0 Å². The largest absolute Gasteiger partial charge is 0.619 e. The van der Waals surface area contributed by atoms with E-state index in [1.54, 1.807) is 12.2 Å². The molecule has 0 fully saturated rings. The molecule has 0 spiro atoms. The maximum atomic E-state index is 11.1. The number of hydrogen-bond acceptors (Lipinski definition) is 3. The number of rotatable bonds is 3. The predicted octanol–water partition coefficient (Wildman–Crippen LogP) is 2.40. The van der Waals surface area contributed by atoms with E-state index in [1.807, 2.05) is 30.3 Å². The summed E-state index contributed by atoms with van der Waals surface area (Å²) in [6.07, 6.45) is 5.57. The van der Waals surface area contributed by atoms with Crippen molar-refractivity contribution in [3.63, 3.8) is 0 Å². The van der Waals surface area contributed by atoms with Crippen LogP contribution < -0.4 is 4.73 Å². The minimum atomic E-state index is -0.509. The highest BCUT2D eigenvalue weighted by Crippen LogP contribution is 2.18. The highest BCUT2D eigenvalue weighted by atomic mass is 16.6. The van der Waals surface area contributed by atoms with Crippen LogP contribution >= 0.6 is 0 Å². The molecule has 2 rings (SSSR count). The zero-order valence-electron chi connectivity index (χ0n) is 9.39. The summed E-state index contributed by atoms with van der Waals surface area (Å²) in [5.74, 6) is 0. The van der Waals surface area contributed by atoms with Crippen molar-refractivity contribution < 1.29 is 9.65 Å². The highest BCUT2D eigenvalue weighted by molar-refractivity contribution is 5.73. The minimum absolute atomic E-state index is 0.0886. The van der Waals surface area contributed by atoms with Gasteiger partial charge in [-0.3, -0.25) is 10.1 Å². The van der Waals surface area contributed by atoms with Crippen molar-refractivity contribution in [2.75, 3.05) is 0 Å². The molecule has 0 bridgehead atoms. The van der Waals surface area contributed by atoms with Gasteiger partial charge in [0.15, 0.2) is 12.4 Å². The van der Waals surface area contributed by atoms with Crippen molar-refractivity contribution >= 4 is 17.8 Å². The van der Waals surface area contributed by atoms with Crippen LogP contribution in [0.2, 0.25) is 0 Å². The second-order valence-electron chi connectivity index (χ2n) is 3.65. The molecule has 90 valence electrons. The first-order valence-corrected chi connectivity index (χ1v) is 5.27. The summed E-state index contributed by atoms with van der Waals surface area (Å²) < 4.78 is 0.539. The smallest absolute Gasteiger partial charge is 0.288 e. The van der Waals surface area contributed by atoms with Crippen LogP contribution in [-0.2, 0) is 0 Å². The first-order chi connectivity index (χ1) is 8.66. The van der Waals surface area contributed by atoms with Gasteiger partial charge in [0.1, 0.15) is 5.56 Å². The lowest BCUT2D eigenvalue weighted by atomic mass is 10.1. The average Bonchev–Trinajstić information content (AvgIpc) is 2.37. The quantitative estimate of drug-likeness (QED) is 0.359. The molecule has 1 heterocycles. The summed E-state index contributed by atoms with van der Waals surface area (Å²) in [6.45, 7) is 0. The van der Waals surface area contributed by atoms with Crippen LogP contribution in [0, 0.1) is 15.3 Å². The molecule has 5 nitrogen and oxygen atoms in total. The number of hydrogen-bond donors (Lipinski definition) is 0. The van der Waals surface area contributed by atoms with E-state index in [2.05, 4.69) is 0 Å². The lowest BCUT2D eigenvalue weighted by molar-refractivity contribution is -0.606. The van der Waals surface area contributed by atoms with Crippen LogP contribution in [0.5, 0.6) is 0 Å². The molecule has 1 aromatic carbocycles. The number of nitrogens with zero attached hydrogens (tertiary/aromatic N) is 2. The molecule has 0 aliphatic heterocycles. The third-order valence-corrected chi connectivity index (χ3v) is 2.39. The van der Waals surface area contributed by atoms with Crippen LogP contribution in [0.4, 0.5) is 5.69 Å².